The quantitative estimate of drug-likeness (QED) is 0.416. The van der Waals surface area contributed by atoms with Crippen LogP contribution in [-0.4, -0.2) is 10.3 Å². The molecule has 0 aliphatic rings. The lowest BCUT2D eigenvalue weighted by Gasteiger charge is -2.06. The minimum absolute atomic E-state index is 0.108. The van der Waals surface area contributed by atoms with Gasteiger partial charge in [0.1, 0.15) is 0 Å². The molecular formula is C16H10N4O3. The van der Waals surface area contributed by atoms with E-state index in [1.165, 1.54) is 0 Å². The van der Waals surface area contributed by atoms with Crippen LogP contribution in [0, 0.1) is 10.4 Å². The van der Waals surface area contributed by atoms with Gasteiger partial charge in [0.25, 0.3) is 0 Å². The Bertz CT molecular complexity index is 905. The number of fused-ring (bicyclic) bond motifs is 1. The highest BCUT2D eigenvalue weighted by Crippen LogP contribution is 2.27. The summed E-state index contributed by atoms with van der Waals surface area (Å²) in [5.41, 5.74) is 1.84. The molecule has 0 aliphatic heterocycles. The minimum atomic E-state index is 0.108. The Balaban J connectivity index is 2.10. The topological polar surface area (TPSA) is 92.8 Å². The zero-order chi connectivity index (χ0) is 15.8. The number of aromatic nitrogens is 4. The van der Waals surface area contributed by atoms with E-state index in [1.54, 1.807) is 48.5 Å². The summed E-state index contributed by atoms with van der Waals surface area (Å²) in [6.07, 6.45) is 0. The molecule has 0 N–H and O–H groups in total. The molecule has 0 aliphatic carbocycles. The molecule has 0 saturated heterocycles. The van der Waals surface area contributed by atoms with Gasteiger partial charge >= 0.3 is 11.4 Å². The van der Waals surface area contributed by atoms with E-state index >= 15 is 0 Å². The van der Waals surface area contributed by atoms with Gasteiger partial charge in [-0.25, -0.2) is 4.63 Å². The van der Waals surface area contributed by atoms with E-state index in [4.69, 9.17) is 4.63 Å². The molecule has 0 atom stereocenters. The van der Waals surface area contributed by atoms with Crippen molar-refractivity contribution in [2.75, 3.05) is 0 Å². The van der Waals surface area contributed by atoms with E-state index in [0.29, 0.717) is 11.1 Å². The molecule has 2 aromatic heterocycles. The Morgan fingerprint density at radius 3 is 1.43 bits per heavy atom. The Morgan fingerprint density at radius 1 is 0.652 bits per heavy atom. The highest BCUT2D eigenvalue weighted by atomic mass is 16.6. The Hall–Kier alpha value is -3.48. The maximum Gasteiger partial charge on any atom is 0.326 e. The average molecular weight is 306 g/mol. The van der Waals surface area contributed by atoms with Gasteiger partial charge in [0, 0.05) is 0 Å². The van der Waals surface area contributed by atoms with Crippen molar-refractivity contribution in [1.82, 2.24) is 10.3 Å². The lowest BCUT2D eigenvalue weighted by molar-refractivity contribution is -1.18. The molecule has 0 bridgehead atoms. The molecular weight excluding hydrogens is 296 g/mol. The van der Waals surface area contributed by atoms with Crippen LogP contribution in [0.25, 0.3) is 33.5 Å². The van der Waals surface area contributed by atoms with Crippen LogP contribution in [0.4, 0.5) is 0 Å². The standard InChI is InChI=1S/C16H10N4O3/c21-19-15(11-7-3-1-4-8-11)13-14(18-23-17-13)16(20(19)22)12-9-5-2-6-10-12/h1-10H. The molecule has 4 rings (SSSR count). The van der Waals surface area contributed by atoms with Crippen molar-refractivity contribution in [3.05, 3.63) is 71.1 Å². The molecule has 0 saturated carbocycles. The highest BCUT2D eigenvalue weighted by molar-refractivity contribution is 5.93. The molecule has 0 amide bonds. The maximum absolute atomic E-state index is 12.5. The Morgan fingerprint density at radius 2 is 1.04 bits per heavy atom. The van der Waals surface area contributed by atoms with Crippen molar-refractivity contribution in [1.29, 1.82) is 0 Å². The fourth-order valence-corrected chi connectivity index (χ4v) is 2.55. The van der Waals surface area contributed by atoms with Crippen molar-refractivity contribution in [3.63, 3.8) is 0 Å². The Kier molecular flexibility index (Phi) is 2.90. The van der Waals surface area contributed by atoms with Crippen molar-refractivity contribution in [2.24, 2.45) is 0 Å². The lowest BCUT2D eigenvalue weighted by Crippen LogP contribution is -2.63. The van der Waals surface area contributed by atoms with Crippen LogP contribution in [0.3, 0.4) is 0 Å². The molecule has 2 heterocycles. The molecule has 7 heteroatoms. The van der Waals surface area contributed by atoms with Crippen molar-refractivity contribution < 1.29 is 14.3 Å². The van der Waals surface area contributed by atoms with Crippen LogP contribution in [0.5, 0.6) is 0 Å². The molecule has 2 aromatic carbocycles. The first-order chi connectivity index (χ1) is 11.3. The number of rotatable bonds is 2. The van der Waals surface area contributed by atoms with E-state index < -0.39 is 0 Å². The van der Waals surface area contributed by atoms with Gasteiger partial charge < -0.3 is 10.4 Å². The second-order valence-corrected chi connectivity index (χ2v) is 4.94. The van der Waals surface area contributed by atoms with Gasteiger partial charge in [-0.2, -0.15) is 0 Å². The van der Waals surface area contributed by atoms with E-state index in [-0.39, 0.29) is 32.1 Å². The summed E-state index contributed by atoms with van der Waals surface area (Å²) in [5.74, 6) is 0. The fourth-order valence-electron chi connectivity index (χ4n) is 2.55. The molecule has 112 valence electrons. The fraction of sp³-hybridized carbons (Fsp3) is 0. The van der Waals surface area contributed by atoms with E-state index in [1.807, 2.05) is 12.1 Å². The van der Waals surface area contributed by atoms with Gasteiger partial charge in [-0.3, -0.25) is 0 Å². The third-order valence-electron chi connectivity index (χ3n) is 3.58. The van der Waals surface area contributed by atoms with Crippen LogP contribution in [0.15, 0.2) is 65.3 Å². The largest absolute Gasteiger partial charge is 0.561 e. The number of benzene rings is 2. The summed E-state index contributed by atoms with van der Waals surface area (Å²) < 4.78 is 4.79. The predicted octanol–water partition coefficient (Wildman–Crippen LogP) is 1.82. The van der Waals surface area contributed by atoms with Gasteiger partial charge in [-0.15, -0.1) is 0 Å². The molecule has 0 unspecified atom stereocenters. The number of hydrogen-bond donors (Lipinski definition) is 0. The van der Waals surface area contributed by atoms with Crippen LogP contribution in [0.1, 0.15) is 0 Å². The second kappa shape index (κ2) is 5.06. The summed E-state index contributed by atoms with van der Waals surface area (Å²) >= 11 is 0. The summed E-state index contributed by atoms with van der Waals surface area (Å²) in [5, 5.41) is 32.7. The first-order valence-corrected chi connectivity index (χ1v) is 6.90. The molecule has 23 heavy (non-hydrogen) atoms. The first kappa shape index (κ1) is 13.2. The summed E-state index contributed by atoms with van der Waals surface area (Å²) in [6, 6.07) is 17.6. The summed E-state index contributed by atoms with van der Waals surface area (Å²) in [7, 11) is 0. The predicted molar refractivity (Wildman–Crippen MR) is 80.6 cm³/mol. The molecule has 7 nitrogen and oxygen atoms in total. The summed E-state index contributed by atoms with van der Waals surface area (Å²) in [6.45, 7) is 0. The average Bonchev–Trinajstić information content (AvgIpc) is 3.06. The SMILES string of the molecule is [O-][n+]1c(-c2ccccc2)c2nonc2c(-c2ccccc2)[n+]1[O-]. The van der Waals surface area contributed by atoms with Gasteiger partial charge in [0.15, 0.2) is 0 Å². The smallest absolute Gasteiger partial charge is 0.326 e. The highest BCUT2D eigenvalue weighted by Gasteiger charge is 2.33. The van der Waals surface area contributed by atoms with Crippen molar-refractivity contribution in [2.45, 2.75) is 0 Å². The van der Waals surface area contributed by atoms with Crippen molar-refractivity contribution in [3.8, 4) is 22.5 Å². The van der Waals surface area contributed by atoms with E-state index in [0.717, 1.165) is 0 Å². The number of hydrogen-bond acceptors (Lipinski definition) is 5. The maximum atomic E-state index is 12.5. The zero-order valence-corrected chi connectivity index (χ0v) is 11.8. The van der Waals surface area contributed by atoms with Crippen LogP contribution in [-0.2, 0) is 0 Å². The molecule has 0 spiro atoms. The second-order valence-electron chi connectivity index (χ2n) is 4.94. The van der Waals surface area contributed by atoms with Crippen LogP contribution < -0.4 is 9.69 Å². The summed E-state index contributed by atoms with van der Waals surface area (Å²) in [4.78, 5) is 0.536. The molecule has 0 radical (unpaired) electrons. The van der Waals surface area contributed by atoms with Crippen LogP contribution in [0.2, 0.25) is 0 Å². The lowest BCUT2D eigenvalue weighted by atomic mass is 10.1. The Labute approximate surface area is 130 Å². The zero-order valence-electron chi connectivity index (χ0n) is 11.8. The monoisotopic (exact) mass is 306 g/mol. The first-order valence-electron chi connectivity index (χ1n) is 6.90. The van der Waals surface area contributed by atoms with E-state index in [2.05, 4.69) is 10.3 Å². The van der Waals surface area contributed by atoms with Gasteiger partial charge in [-0.1, -0.05) is 36.4 Å². The number of nitrogens with zero attached hydrogens (tertiary/aromatic N) is 4. The van der Waals surface area contributed by atoms with Gasteiger partial charge in [-0.05, 0) is 34.6 Å². The van der Waals surface area contributed by atoms with Gasteiger partial charge in [0.2, 0.25) is 11.0 Å². The van der Waals surface area contributed by atoms with E-state index in [9.17, 15) is 10.4 Å². The normalized spacial score (nSPS) is 11.0. The van der Waals surface area contributed by atoms with Gasteiger partial charge in [0.05, 0.1) is 20.8 Å². The third-order valence-corrected chi connectivity index (χ3v) is 3.58. The van der Waals surface area contributed by atoms with Crippen LogP contribution >= 0.6 is 0 Å². The van der Waals surface area contributed by atoms with Crippen molar-refractivity contribution >= 4 is 11.0 Å². The minimum Gasteiger partial charge on any atom is -0.561 e. The molecule has 0 fully saturated rings. The molecule has 4 aromatic rings. The third kappa shape index (κ3) is 1.98.